The van der Waals surface area contributed by atoms with Gasteiger partial charge >= 0.3 is 6.55 Å². The summed E-state index contributed by atoms with van der Waals surface area (Å²) in [7, 11) is 0. The lowest BCUT2D eigenvalue weighted by Crippen LogP contribution is -2.03. The van der Waals surface area contributed by atoms with Crippen LogP contribution in [0.5, 0.6) is 5.75 Å². The monoisotopic (exact) mass is 400 g/mol. The van der Waals surface area contributed by atoms with Gasteiger partial charge in [-0.2, -0.15) is 8.78 Å². The molecule has 0 spiro atoms. The van der Waals surface area contributed by atoms with Crippen LogP contribution in [0, 0.1) is 0 Å². The van der Waals surface area contributed by atoms with Crippen molar-refractivity contribution in [2.45, 2.75) is 24.4 Å². The van der Waals surface area contributed by atoms with Crippen molar-refractivity contribution in [3.8, 4) is 11.4 Å². The van der Waals surface area contributed by atoms with Gasteiger partial charge < -0.3 is 4.74 Å². The molecule has 0 unspecified atom stereocenters. The summed E-state index contributed by atoms with van der Waals surface area (Å²) in [5.41, 5.74) is 2.72. The molecule has 0 bridgehead atoms. The van der Waals surface area contributed by atoms with E-state index in [2.05, 4.69) is 4.98 Å². The maximum absolute atomic E-state index is 13.1. The van der Waals surface area contributed by atoms with Crippen molar-refractivity contribution in [3.63, 3.8) is 0 Å². The zero-order valence-electron chi connectivity index (χ0n) is 15.1. The van der Waals surface area contributed by atoms with Crippen LogP contribution >= 0.6 is 11.8 Å². The number of imidazole rings is 2. The zero-order chi connectivity index (χ0) is 19.5. The van der Waals surface area contributed by atoms with Crippen molar-refractivity contribution in [1.82, 2.24) is 19.1 Å². The Morgan fingerprint density at radius 2 is 1.89 bits per heavy atom. The molecule has 0 fully saturated rings. The van der Waals surface area contributed by atoms with Crippen molar-refractivity contribution >= 4 is 22.8 Å². The molecular weight excluding hydrogens is 382 g/mol. The van der Waals surface area contributed by atoms with Gasteiger partial charge in [-0.05, 0) is 43.3 Å². The van der Waals surface area contributed by atoms with Crippen molar-refractivity contribution < 1.29 is 13.5 Å². The van der Waals surface area contributed by atoms with E-state index in [4.69, 9.17) is 9.72 Å². The topological polar surface area (TPSA) is 44.9 Å². The molecule has 28 heavy (non-hydrogen) atoms. The first-order valence-electron chi connectivity index (χ1n) is 8.80. The van der Waals surface area contributed by atoms with E-state index in [0.29, 0.717) is 17.6 Å². The number of rotatable bonds is 7. The first kappa shape index (κ1) is 18.5. The standard InChI is InChI=1S/C20H18F2N4OS/c1-2-27-15-9-7-14(8-10-15)26-17-6-4-3-5-16(17)24-20(26)28-13-18-23-11-12-25(18)19(21)22/h3-12,19H,2,13H2,1H3. The first-order chi connectivity index (χ1) is 13.7. The van der Waals surface area contributed by atoms with E-state index in [-0.39, 0.29) is 5.75 Å². The normalized spacial score (nSPS) is 11.4. The lowest BCUT2D eigenvalue weighted by atomic mass is 10.2. The van der Waals surface area contributed by atoms with Crippen LogP contribution in [0.2, 0.25) is 0 Å². The summed E-state index contributed by atoms with van der Waals surface area (Å²) >= 11 is 1.38. The van der Waals surface area contributed by atoms with Gasteiger partial charge in [-0.3, -0.25) is 9.13 Å². The fourth-order valence-electron chi connectivity index (χ4n) is 2.97. The molecule has 0 saturated carbocycles. The van der Waals surface area contributed by atoms with E-state index < -0.39 is 6.55 Å². The van der Waals surface area contributed by atoms with Gasteiger partial charge in [-0.1, -0.05) is 23.9 Å². The summed E-state index contributed by atoms with van der Waals surface area (Å²) in [6.07, 6.45) is 2.67. The molecule has 0 aliphatic rings. The van der Waals surface area contributed by atoms with Gasteiger partial charge in [0.2, 0.25) is 0 Å². The fourth-order valence-corrected chi connectivity index (χ4v) is 3.95. The van der Waals surface area contributed by atoms with Gasteiger partial charge in [0.05, 0.1) is 23.4 Å². The van der Waals surface area contributed by atoms with Crippen LogP contribution in [0.3, 0.4) is 0 Å². The average molecular weight is 400 g/mol. The highest BCUT2D eigenvalue weighted by molar-refractivity contribution is 7.98. The van der Waals surface area contributed by atoms with Gasteiger partial charge in [0, 0.05) is 18.1 Å². The molecule has 5 nitrogen and oxygen atoms in total. The highest BCUT2D eigenvalue weighted by Crippen LogP contribution is 2.31. The van der Waals surface area contributed by atoms with Gasteiger partial charge in [0.1, 0.15) is 11.6 Å². The lowest BCUT2D eigenvalue weighted by Gasteiger charge is -2.11. The molecule has 0 radical (unpaired) electrons. The Labute approximate surface area is 165 Å². The van der Waals surface area contributed by atoms with Crippen LogP contribution in [0.15, 0.2) is 66.1 Å². The molecule has 4 rings (SSSR count). The quantitative estimate of drug-likeness (QED) is 0.395. The number of alkyl halides is 2. The second kappa shape index (κ2) is 8.02. The SMILES string of the molecule is CCOc1ccc(-n2c(SCc3nccn3C(F)F)nc3ccccc32)cc1. The predicted octanol–water partition coefficient (Wildman–Crippen LogP) is 5.31. The van der Waals surface area contributed by atoms with Crippen LogP contribution in [0.1, 0.15) is 19.3 Å². The molecule has 8 heteroatoms. The number of nitrogens with zero attached hydrogens (tertiary/aromatic N) is 4. The number of hydrogen-bond acceptors (Lipinski definition) is 4. The molecule has 0 aliphatic heterocycles. The molecule has 144 valence electrons. The van der Waals surface area contributed by atoms with Crippen molar-refractivity contribution in [2.24, 2.45) is 0 Å². The molecule has 0 saturated heterocycles. The largest absolute Gasteiger partial charge is 0.494 e. The fraction of sp³-hybridized carbons (Fsp3) is 0.200. The van der Waals surface area contributed by atoms with Crippen LogP contribution in [-0.2, 0) is 5.75 Å². The van der Waals surface area contributed by atoms with Crippen LogP contribution in [0.25, 0.3) is 16.7 Å². The van der Waals surface area contributed by atoms with E-state index in [1.165, 1.54) is 24.2 Å². The Bertz CT molecular complexity index is 1080. The van der Waals surface area contributed by atoms with Crippen molar-refractivity contribution in [2.75, 3.05) is 6.61 Å². The summed E-state index contributed by atoms with van der Waals surface area (Å²) in [5, 5.41) is 0.717. The third-order valence-corrected chi connectivity index (χ3v) is 5.16. The lowest BCUT2D eigenvalue weighted by molar-refractivity contribution is 0.0678. The number of halogens is 2. The Balaban J connectivity index is 1.70. The van der Waals surface area contributed by atoms with Crippen LogP contribution < -0.4 is 4.74 Å². The number of fused-ring (bicyclic) bond motifs is 1. The molecule has 2 aromatic heterocycles. The predicted molar refractivity (Wildman–Crippen MR) is 105 cm³/mol. The smallest absolute Gasteiger partial charge is 0.319 e. The van der Waals surface area contributed by atoms with E-state index in [1.807, 2.05) is 60.0 Å². The highest BCUT2D eigenvalue weighted by Gasteiger charge is 2.16. The molecule has 0 aliphatic carbocycles. The molecule has 2 heterocycles. The molecule has 4 aromatic rings. The Morgan fingerprint density at radius 1 is 1.11 bits per heavy atom. The maximum atomic E-state index is 13.1. The molecule has 0 atom stereocenters. The minimum atomic E-state index is -2.61. The second-order valence-corrected chi connectivity index (χ2v) is 6.90. The van der Waals surface area contributed by atoms with Crippen molar-refractivity contribution in [3.05, 3.63) is 66.7 Å². The van der Waals surface area contributed by atoms with Gasteiger partial charge in [-0.25, -0.2) is 9.97 Å². The molecule has 2 aromatic carbocycles. The van der Waals surface area contributed by atoms with Gasteiger partial charge in [-0.15, -0.1) is 0 Å². The summed E-state index contributed by atoms with van der Waals surface area (Å²) in [5.74, 6) is 1.40. The van der Waals surface area contributed by atoms with Gasteiger partial charge in [0.15, 0.2) is 5.16 Å². The molecule has 0 N–H and O–H groups in total. The number of ether oxygens (including phenoxy) is 1. The van der Waals surface area contributed by atoms with Crippen LogP contribution in [-0.4, -0.2) is 25.7 Å². The summed E-state index contributed by atoms with van der Waals surface area (Å²) in [6.45, 7) is -0.0661. The molecular formula is C20H18F2N4OS. The molecule has 0 amide bonds. The third kappa shape index (κ3) is 3.60. The number of benzene rings is 2. The van der Waals surface area contributed by atoms with E-state index in [1.54, 1.807) is 0 Å². The maximum Gasteiger partial charge on any atom is 0.319 e. The highest BCUT2D eigenvalue weighted by atomic mass is 32.2. The second-order valence-electron chi connectivity index (χ2n) is 5.96. The van der Waals surface area contributed by atoms with E-state index >= 15 is 0 Å². The first-order valence-corrected chi connectivity index (χ1v) is 9.79. The average Bonchev–Trinajstić information content (AvgIpc) is 3.31. The summed E-state index contributed by atoms with van der Waals surface area (Å²) in [4.78, 5) is 8.74. The van der Waals surface area contributed by atoms with E-state index in [9.17, 15) is 8.78 Å². The van der Waals surface area contributed by atoms with Crippen LogP contribution in [0.4, 0.5) is 8.78 Å². The Kier molecular flexibility index (Phi) is 5.29. The number of para-hydroxylation sites is 2. The Morgan fingerprint density at radius 3 is 2.64 bits per heavy atom. The van der Waals surface area contributed by atoms with Crippen molar-refractivity contribution in [1.29, 1.82) is 0 Å². The third-order valence-electron chi connectivity index (χ3n) is 4.23. The number of thioether (sulfide) groups is 1. The van der Waals surface area contributed by atoms with E-state index in [0.717, 1.165) is 27.0 Å². The Hall–Kier alpha value is -2.87. The van der Waals surface area contributed by atoms with Gasteiger partial charge in [0.25, 0.3) is 0 Å². The minimum Gasteiger partial charge on any atom is -0.494 e. The number of aromatic nitrogens is 4. The summed E-state index contributed by atoms with van der Waals surface area (Å²) in [6, 6.07) is 15.5. The minimum absolute atomic E-state index is 0.289. The summed E-state index contributed by atoms with van der Waals surface area (Å²) < 4.78 is 34.6. The zero-order valence-corrected chi connectivity index (χ0v) is 15.9. The number of hydrogen-bond donors (Lipinski definition) is 0.